The van der Waals surface area contributed by atoms with Crippen molar-refractivity contribution < 1.29 is 4.39 Å². The van der Waals surface area contributed by atoms with E-state index in [0.717, 1.165) is 17.5 Å². The second kappa shape index (κ2) is 3.11. The molecule has 0 saturated heterocycles. The van der Waals surface area contributed by atoms with Crippen molar-refractivity contribution in [1.29, 1.82) is 0 Å². The highest BCUT2D eigenvalue weighted by Gasteiger charge is 2.38. The molecule has 2 N–H and O–H groups in total. The minimum atomic E-state index is -0.0686. The van der Waals surface area contributed by atoms with Gasteiger partial charge in [-0.25, -0.2) is 4.39 Å². The molecule has 0 unspecified atom stereocenters. The van der Waals surface area contributed by atoms with Gasteiger partial charge in [0.1, 0.15) is 5.82 Å². The lowest BCUT2D eigenvalue weighted by molar-refractivity contribution is 0.605. The predicted molar refractivity (Wildman–Crippen MR) is 51.0 cm³/mol. The molecule has 1 nitrogen and oxygen atoms in total. The van der Waals surface area contributed by atoms with Crippen LogP contribution in [0, 0.1) is 18.7 Å². The first kappa shape index (κ1) is 8.70. The standard InChI is InChI=1S/C11H14FN/c1-7-2-3-9(11(12)4-7)10-5-8(10)6-13/h2-4,8,10H,5-6,13H2,1H3/t8-,10+/m0/s1. The highest BCUT2D eigenvalue weighted by atomic mass is 19.1. The number of halogens is 1. The molecule has 1 aromatic carbocycles. The molecule has 1 aliphatic carbocycles. The van der Waals surface area contributed by atoms with Crippen LogP contribution in [0.3, 0.4) is 0 Å². The molecular formula is C11H14FN. The summed E-state index contributed by atoms with van der Waals surface area (Å²) < 4.78 is 13.4. The molecule has 2 rings (SSSR count). The lowest BCUT2D eigenvalue weighted by Crippen LogP contribution is -2.02. The maximum atomic E-state index is 13.4. The number of nitrogens with two attached hydrogens (primary N) is 1. The van der Waals surface area contributed by atoms with Crippen molar-refractivity contribution in [2.45, 2.75) is 19.3 Å². The van der Waals surface area contributed by atoms with Crippen molar-refractivity contribution >= 4 is 0 Å². The van der Waals surface area contributed by atoms with Crippen LogP contribution in [0.25, 0.3) is 0 Å². The summed E-state index contributed by atoms with van der Waals surface area (Å²) >= 11 is 0. The van der Waals surface area contributed by atoms with Gasteiger partial charge in [-0.15, -0.1) is 0 Å². The van der Waals surface area contributed by atoms with Gasteiger partial charge in [0.2, 0.25) is 0 Å². The molecule has 1 saturated carbocycles. The highest BCUT2D eigenvalue weighted by molar-refractivity contribution is 5.30. The molecule has 0 radical (unpaired) electrons. The van der Waals surface area contributed by atoms with Crippen LogP contribution in [0.15, 0.2) is 18.2 Å². The van der Waals surface area contributed by atoms with Crippen molar-refractivity contribution in [1.82, 2.24) is 0 Å². The molecule has 0 bridgehead atoms. The summed E-state index contributed by atoms with van der Waals surface area (Å²) in [6.45, 7) is 2.58. The normalized spacial score (nSPS) is 26.1. The highest BCUT2D eigenvalue weighted by Crippen LogP contribution is 2.47. The summed E-state index contributed by atoms with van der Waals surface area (Å²) in [4.78, 5) is 0. The van der Waals surface area contributed by atoms with Crippen LogP contribution in [0.5, 0.6) is 0 Å². The molecule has 0 spiro atoms. The van der Waals surface area contributed by atoms with Gasteiger partial charge in [-0.3, -0.25) is 0 Å². The molecule has 2 atom stereocenters. The van der Waals surface area contributed by atoms with Gasteiger partial charge >= 0.3 is 0 Å². The van der Waals surface area contributed by atoms with E-state index >= 15 is 0 Å². The van der Waals surface area contributed by atoms with Crippen LogP contribution in [-0.4, -0.2) is 6.54 Å². The zero-order valence-electron chi connectivity index (χ0n) is 7.76. The maximum Gasteiger partial charge on any atom is 0.126 e. The average molecular weight is 179 g/mol. The second-order valence-corrected chi connectivity index (χ2v) is 3.86. The monoisotopic (exact) mass is 179 g/mol. The number of benzene rings is 1. The zero-order valence-corrected chi connectivity index (χ0v) is 7.76. The molecule has 1 aliphatic rings. The van der Waals surface area contributed by atoms with E-state index in [1.165, 1.54) is 0 Å². The first-order chi connectivity index (χ1) is 6.22. The van der Waals surface area contributed by atoms with Crippen LogP contribution in [0.1, 0.15) is 23.5 Å². The van der Waals surface area contributed by atoms with Gasteiger partial charge in [0.05, 0.1) is 0 Å². The predicted octanol–water partition coefficient (Wildman–Crippen LogP) is 2.20. The molecule has 70 valence electrons. The summed E-state index contributed by atoms with van der Waals surface area (Å²) in [6.07, 6.45) is 1.05. The molecule has 2 heteroatoms. The van der Waals surface area contributed by atoms with Crippen LogP contribution < -0.4 is 5.73 Å². The molecule has 0 aromatic heterocycles. The third kappa shape index (κ3) is 1.59. The van der Waals surface area contributed by atoms with E-state index in [1.807, 2.05) is 19.1 Å². The van der Waals surface area contributed by atoms with Gasteiger partial charge in [0.15, 0.2) is 0 Å². The maximum absolute atomic E-state index is 13.4. The van der Waals surface area contributed by atoms with Crippen molar-refractivity contribution in [2.75, 3.05) is 6.54 Å². The summed E-state index contributed by atoms with van der Waals surface area (Å²) in [5.41, 5.74) is 7.35. The van der Waals surface area contributed by atoms with Gasteiger partial charge in [-0.2, -0.15) is 0 Å². The number of rotatable bonds is 2. The minimum Gasteiger partial charge on any atom is -0.330 e. The van der Waals surface area contributed by atoms with Crippen molar-refractivity contribution in [3.05, 3.63) is 35.1 Å². The second-order valence-electron chi connectivity index (χ2n) is 3.86. The molecule has 1 fully saturated rings. The molecule has 0 amide bonds. The Balaban J connectivity index is 2.22. The Morgan fingerprint density at radius 2 is 2.31 bits per heavy atom. The Morgan fingerprint density at radius 3 is 2.85 bits per heavy atom. The van der Waals surface area contributed by atoms with E-state index in [4.69, 9.17) is 5.73 Å². The molecular weight excluding hydrogens is 165 g/mol. The van der Waals surface area contributed by atoms with Gasteiger partial charge in [-0.1, -0.05) is 12.1 Å². The van der Waals surface area contributed by atoms with Gasteiger partial charge in [-0.05, 0) is 48.9 Å². The van der Waals surface area contributed by atoms with Crippen molar-refractivity contribution in [3.63, 3.8) is 0 Å². The Kier molecular flexibility index (Phi) is 2.08. The largest absolute Gasteiger partial charge is 0.330 e. The van der Waals surface area contributed by atoms with Gasteiger partial charge in [0, 0.05) is 0 Å². The van der Waals surface area contributed by atoms with E-state index in [0.29, 0.717) is 18.4 Å². The third-order valence-corrected chi connectivity index (χ3v) is 2.78. The summed E-state index contributed by atoms with van der Waals surface area (Å²) in [7, 11) is 0. The minimum absolute atomic E-state index is 0.0686. The quantitative estimate of drug-likeness (QED) is 0.740. The third-order valence-electron chi connectivity index (χ3n) is 2.78. The van der Waals surface area contributed by atoms with Crippen molar-refractivity contribution in [2.24, 2.45) is 11.7 Å². The van der Waals surface area contributed by atoms with Gasteiger partial charge < -0.3 is 5.73 Å². The fraction of sp³-hybridized carbons (Fsp3) is 0.455. The number of hydrogen-bond donors (Lipinski definition) is 1. The topological polar surface area (TPSA) is 26.0 Å². The number of hydrogen-bond acceptors (Lipinski definition) is 1. The zero-order chi connectivity index (χ0) is 9.42. The van der Waals surface area contributed by atoms with Crippen molar-refractivity contribution in [3.8, 4) is 0 Å². The molecule has 13 heavy (non-hydrogen) atoms. The Hall–Kier alpha value is -0.890. The number of aryl methyl sites for hydroxylation is 1. The fourth-order valence-corrected chi connectivity index (χ4v) is 1.82. The Morgan fingerprint density at radius 1 is 1.54 bits per heavy atom. The Labute approximate surface area is 77.8 Å². The molecule has 0 heterocycles. The van der Waals surface area contributed by atoms with Crippen LogP contribution in [0.4, 0.5) is 4.39 Å². The summed E-state index contributed by atoms with van der Waals surface area (Å²) in [5, 5.41) is 0. The smallest absolute Gasteiger partial charge is 0.126 e. The lowest BCUT2D eigenvalue weighted by atomic mass is 10.1. The SMILES string of the molecule is Cc1ccc([C@@H]2C[C@H]2CN)c(F)c1. The first-order valence-corrected chi connectivity index (χ1v) is 4.68. The van der Waals surface area contributed by atoms with E-state index < -0.39 is 0 Å². The first-order valence-electron chi connectivity index (χ1n) is 4.68. The summed E-state index contributed by atoms with van der Waals surface area (Å²) in [5.74, 6) is 0.823. The van der Waals surface area contributed by atoms with Crippen LogP contribution >= 0.6 is 0 Å². The molecule has 1 aromatic rings. The fourth-order valence-electron chi connectivity index (χ4n) is 1.82. The Bertz CT molecular complexity index is 322. The summed E-state index contributed by atoms with van der Waals surface area (Å²) in [6, 6.07) is 5.45. The van der Waals surface area contributed by atoms with E-state index in [2.05, 4.69) is 0 Å². The van der Waals surface area contributed by atoms with Crippen LogP contribution in [0.2, 0.25) is 0 Å². The van der Waals surface area contributed by atoms with E-state index in [-0.39, 0.29) is 5.82 Å². The van der Waals surface area contributed by atoms with E-state index in [1.54, 1.807) is 6.07 Å². The average Bonchev–Trinajstić information content (AvgIpc) is 2.83. The molecule has 0 aliphatic heterocycles. The van der Waals surface area contributed by atoms with E-state index in [9.17, 15) is 4.39 Å². The van der Waals surface area contributed by atoms with Crippen LogP contribution in [-0.2, 0) is 0 Å². The van der Waals surface area contributed by atoms with Gasteiger partial charge in [0.25, 0.3) is 0 Å². The lowest BCUT2D eigenvalue weighted by Gasteiger charge is -2.02.